The summed E-state index contributed by atoms with van der Waals surface area (Å²) in [6, 6.07) is 13.8. The standard InChI is InChI=1S/C14H12N2OS2/c1-17-9-6-7-10(15)13(8-9)19-14-16-11-4-2-3-5-12(11)18-14/h2-8H,15H2,1H3. The molecule has 3 aromatic rings. The molecule has 0 fully saturated rings. The molecule has 19 heavy (non-hydrogen) atoms. The number of hydrogen-bond acceptors (Lipinski definition) is 5. The van der Waals surface area contributed by atoms with E-state index < -0.39 is 0 Å². The van der Waals surface area contributed by atoms with Gasteiger partial charge in [0.1, 0.15) is 5.75 Å². The normalized spacial score (nSPS) is 10.8. The first-order chi connectivity index (χ1) is 9.26. The number of anilines is 1. The summed E-state index contributed by atoms with van der Waals surface area (Å²) >= 11 is 3.24. The quantitative estimate of drug-likeness (QED) is 0.739. The molecule has 0 aliphatic carbocycles. The van der Waals surface area contributed by atoms with E-state index in [9.17, 15) is 0 Å². The topological polar surface area (TPSA) is 48.1 Å². The molecule has 2 N–H and O–H groups in total. The lowest BCUT2D eigenvalue weighted by Crippen LogP contribution is -1.90. The Hall–Kier alpha value is -1.72. The number of ether oxygens (including phenoxy) is 1. The number of methoxy groups -OCH3 is 1. The summed E-state index contributed by atoms with van der Waals surface area (Å²) in [7, 11) is 1.65. The Balaban J connectivity index is 1.96. The Bertz CT molecular complexity index is 691. The highest BCUT2D eigenvalue weighted by molar-refractivity contribution is 8.01. The SMILES string of the molecule is COc1ccc(N)c(Sc2nc3ccccc3s2)c1. The first-order valence-corrected chi connectivity index (χ1v) is 7.36. The number of benzene rings is 2. The van der Waals surface area contributed by atoms with Crippen LogP contribution in [0.25, 0.3) is 10.2 Å². The molecular formula is C14H12N2OS2. The molecule has 3 rings (SSSR count). The molecule has 96 valence electrons. The maximum atomic E-state index is 5.99. The lowest BCUT2D eigenvalue weighted by atomic mass is 10.3. The van der Waals surface area contributed by atoms with E-state index in [1.807, 2.05) is 36.4 Å². The molecule has 1 aromatic heterocycles. The minimum Gasteiger partial charge on any atom is -0.497 e. The van der Waals surface area contributed by atoms with Crippen molar-refractivity contribution in [2.45, 2.75) is 9.24 Å². The number of nitrogen functional groups attached to an aromatic ring is 1. The maximum Gasteiger partial charge on any atom is 0.155 e. The van der Waals surface area contributed by atoms with Crippen LogP contribution in [0.5, 0.6) is 5.75 Å². The number of rotatable bonds is 3. The van der Waals surface area contributed by atoms with Crippen molar-refractivity contribution in [2.75, 3.05) is 12.8 Å². The molecule has 0 spiro atoms. The number of aromatic nitrogens is 1. The van der Waals surface area contributed by atoms with Gasteiger partial charge in [-0.2, -0.15) is 0 Å². The molecule has 3 nitrogen and oxygen atoms in total. The lowest BCUT2D eigenvalue weighted by molar-refractivity contribution is 0.414. The highest BCUT2D eigenvalue weighted by atomic mass is 32.2. The van der Waals surface area contributed by atoms with E-state index in [1.54, 1.807) is 30.2 Å². The van der Waals surface area contributed by atoms with E-state index in [1.165, 1.54) is 4.70 Å². The minimum atomic E-state index is 0.741. The highest BCUT2D eigenvalue weighted by Crippen LogP contribution is 2.38. The van der Waals surface area contributed by atoms with Crippen LogP contribution in [0.2, 0.25) is 0 Å². The summed E-state index contributed by atoms with van der Waals surface area (Å²) in [6.45, 7) is 0. The predicted molar refractivity (Wildman–Crippen MR) is 81.1 cm³/mol. The molecule has 1 heterocycles. The number of thiazole rings is 1. The van der Waals surface area contributed by atoms with Gasteiger partial charge in [0.15, 0.2) is 4.34 Å². The summed E-state index contributed by atoms with van der Waals surface area (Å²) in [6.07, 6.45) is 0. The van der Waals surface area contributed by atoms with Crippen molar-refractivity contribution in [3.05, 3.63) is 42.5 Å². The van der Waals surface area contributed by atoms with Crippen molar-refractivity contribution in [2.24, 2.45) is 0 Å². The molecule has 0 aliphatic heterocycles. The van der Waals surface area contributed by atoms with Crippen LogP contribution < -0.4 is 10.5 Å². The number of nitrogens with zero attached hydrogens (tertiary/aromatic N) is 1. The van der Waals surface area contributed by atoms with Crippen molar-refractivity contribution >= 4 is 39.0 Å². The van der Waals surface area contributed by atoms with Crippen LogP contribution in [0.1, 0.15) is 0 Å². The summed E-state index contributed by atoms with van der Waals surface area (Å²) in [5.74, 6) is 0.804. The summed E-state index contributed by atoms with van der Waals surface area (Å²) in [5, 5.41) is 0. The molecular weight excluding hydrogens is 276 g/mol. The Morgan fingerprint density at radius 2 is 2.05 bits per heavy atom. The summed E-state index contributed by atoms with van der Waals surface area (Å²) < 4.78 is 7.39. The van der Waals surface area contributed by atoms with Gasteiger partial charge < -0.3 is 10.5 Å². The Labute approximate surface area is 119 Å². The first kappa shape index (κ1) is 12.3. The number of hydrogen-bond donors (Lipinski definition) is 1. The fourth-order valence-electron chi connectivity index (χ4n) is 1.72. The fraction of sp³-hybridized carbons (Fsp3) is 0.0714. The van der Waals surface area contributed by atoms with Gasteiger partial charge in [0.25, 0.3) is 0 Å². The molecule has 0 unspecified atom stereocenters. The maximum absolute atomic E-state index is 5.99. The van der Waals surface area contributed by atoms with E-state index in [-0.39, 0.29) is 0 Å². The Morgan fingerprint density at radius 1 is 1.21 bits per heavy atom. The van der Waals surface area contributed by atoms with Gasteiger partial charge in [0.2, 0.25) is 0 Å². The third kappa shape index (κ3) is 2.52. The van der Waals surface area contributed by atoms with Gasteiger partial charge in [0.05, 0.1) is 17.3 Å². The molecule has 0 saturated carbocycles. The zero-order valence-corrected chi connectivity index (χ0v) is 11.9. The molecule has 0 aliphatic rings. The van der Waals surface area contributed by atoms with Crippen LogP contribution in [-0.4, -0.2) is 12.1 Å². The largest absolute Gasteiger partial charge is 0.497 e. The third-order valence-electron chi connectivity index (χ3n) is 2.69. The van der Waals surface area contributed by atoms with E-state index in [4.69, 9.17) is 10.5 Å². The number of fused-ring (bicyclic) bond motifs is 1. The Morgan fingerprint density at radius 3 is 2.84 bits per heavy atom. The van der Waals surface area contributed by atoms with Crippen LogP contribution in [-0.2, 0) is 0 Å². The molecule has 5 heteroatoms. The van der Waals surface area contributed by atoms with E-state index in [2.05, 4.69) is 11.1 Å². The van der Waals surface area contributed by atoms with Gasteiger partial charge in [-0.05, 0) is 30.3 Å². The predicted octanol–water partition coefficient (Wildman–Crippen LogP) is 4.04. The smallest absolute Gasteiger partial charge is 0.155 e. The fourth-order valence-corrected chi connectivity index (χ4v) is 3.81. The second kappa shape index (κ2) is 5.11. The molecule has 0 saturated heterocycles. The summed E-state index contributed by atoms with van der Waals surface area (Å²) in [5.41, 5.74) is 7.75. The van der Waals surface area contributed by atoms with E-state index in [0.717, 1.165) is 26.2 Å². The van der Waals surface area contributed by atoms with Crippen molar-refractivity contribution in [1.82, 2.24) is 4.98 Å². The average Bonchev–Trinajstić information content (AvgIpc) is 2.83. The van der Waals surface area contributed by atoms with Crippen molar-refractivity contribution in [3.63, 3.8) is 0 Å². The Kier molecular flexibility index (Phi) is 3.31. The van der Waals surface area contributed by atoms with E-state index >= 15 is 0 Å². The van der Waals surface area contributed by atoms with Crippen molar-refractivity contribution in [1.29, 1.82) is 0 Å². The summed E-state index contributed by atoms with van der Waals surface area (Å²) in [4.78, 5) is 5.56. The highest BCUT2D eigenvalue weighted by Gasteiger charge is 2.08. The minimum absolute atomic E-state index is 0.741. The molecule has 0 amide bonds. The number of nitrogens with two attached hydrogens (primary N) is 1. The van der Waals surface area contributed by atoms with Gasteiger partial charge in [-0.25, -0.2) is 4.98 Å². The van der Waals surface area contributed by atoms with E-state index in [0.29, 0.717) is 0 Å². The molecule has 0 bridgehead atoms. The van der Waals surface area contributed by atoms with Crippen LogP contribution in [0.15, 0.2) is 51.7 Å². The van der Waals surface area contributed by atoms with Gasteiger partial charge >= 0.3 is 0 Å². The van der Waals surface area contributed by atoms with Crippen LogP contribution >= 0.6 is 23.1 Å². The van der Waals surface area contributed by atoms with Crippen LogP contribution in [0, 0.1) is 0 Å². The molecule has 0 radical (unpaired) electrons. The average molecular weight is 288 g/mol. The molecule has 2 aromatic carbocycles. The van der Waals surface area contributed by atoms with Crippen LogP contribution in [0.3, 0.4) is 0 Å². The van der Waals surface area contributed by atoms with Gasteiger partial charge in [-0.3, -0.25) is 0 Å². The van der Waals surface area contributed by atoms with Crippen LogP contribution in [0.4, 0.5) is 5.69 Å². The third-order valence-corrected chi connectivity index (χ3v) is 4.86. The second-order valence-corrected chi connectivity index (χ2v) is 6.27. The molecule has 0 atom stereocenters. The van der Waals surface area contributed by atoms with Crippen molar-refractivity contribution < 1.29 is 4.74 Å². The number of para-hydroxylation sites is 1. The monoisotopic (exact) mass is 288 g/mol. The van der Waals surface area contributed by atoms with Gasteiger partial charge in [-0.1, -0.05) is 23.9 Å². The van der Waals surface area contributed by atoms with Crippen molar-refractivity contribution in [3.8, 4) is 5.75 Å². The zero-order valence-electron chi connectivity index (χ0n) is 10.3. The van der Waals surface area contributed by atoms with Gasteiger partial charge in [0, 0.05) is 10.6 Å². The first-order valence-electron chi connectivity index (χ1n) is 5.73. The zero-order chi connectivity index (χ0) is 13.2. The lowest BCUT2D eigenvalue weighted by Gasteiger charge is -2.05. The van der Waals surface area contributed by atoms with Gasteiger partial charge in [-0.15, -0.1) is 11.3 Å². The second-order valence-electron chi connectivity index (χ2n) is 3.95.